The topological polar surface area (TPSA) is 168 Å². The molecule has 280 valence electrons. The number of hydrogen-bond acceptors (Lipinski definition) is 11. The predicted octanol–water partition coefficient (Wildman–Crippen LogP) is 6.08. The van der Waals surface area contributed by atoms with Gasteiger partial charge >= 0.3 is 18.2 Å². The maximum absolute atomic E-state index is 13.6. The summed E-state index contributed by atoms with van der Waals surface area (Å²) in [6.45, 7) is 15.8. The minimum absolute atomic E-state index is 0.126. The van der Waals surface area contributed by atoms with E-state index < -0.39 is 59.4 Å². The smallest absolute Gasteiger partial charge is 0.438 e. The Bertz CT molecular complexity index is 1730. The number of esters is 1. The van der Waals surface area contributed by atoms with Crippen LogP contribution < -0.4 is 10.2 Å². The first kappa shape index (κ1) is 39.5. The van der Waals surface area contributed by atoms with Gasteiger partial charge in [0.05, 0.1) is 23.9 Å². The minimum atomic E-state index is -1.60. The molecule has 1 aliphatic rings. The van der Waals surface area contributed by atoms with Crippen molar-refractivity contribution in [2.24, 2.45) is 0 Å². The molecule has 4 amide bonds. The standard InChI is InChI=1S/C37H47N5O10/c1-35(2,3)48-32(45)29(50-42-30(43)27-13-10-11-14-28(27)31(42)44)23-41(34(47)49-36(4,5)6)26-17-15-24(16-18-26)25-21-39-40(22-25)20-12-19-38-33(46)51-52-37(7,8)9/h10-11,13-18,21-22,29H,12,19-20,23H2,1-9H3,(H,38,46). The SMILES string of the molecule is CC(C)(C)OOC(=O)NCCCn1cc(-c2ccc(N(CC(ON3C(=O)c4ccccc4C3=O)C(=O)OC(C)(C)C)C(=O)OC(C)(C)C)cc2)cn1. The summed E-state index contributed by atoms with van der Waals surface area (Å²) >= 11 is 0. The number of carbonyl (C=O) groups is 5. The summed E-state index contributed by atoms with van der Waals surface area (Å²) in [6, 6.07) is 13.1. The molecular weight excluding hydrogens is 674 g/mol. The molecule has 0 spiro atoms. The van der Waals surface area contributed by atoms with Gasteiger partial charge in [0.2, 0.25) is 6.10 Å². The quantitative estimate of drug-likeness (QED) is 0.0757. The van der Waals surface area contributed by atoms with Crippen molar-refractivity contribution in [2.45, 2.75) is 98.2 Å². The Morgan fingerprint density at radius 2 is 1.40 bits per heavy atom. The Labute approximate surface area is 303 Å². The lowest BCUT2D eigenvalue weighted by Gasteiger charge is -2.31. The number of aromatic nitrogens is 2. The Morgan fingerprint density at radius 1 is 0.808 bits per heavy atom. The highest BCUT2D eigenvalue weighted by Crippen LogP contribution is 2.28. The normalized spacial score (nSPS) is 13.8. The Hall–Kier alpha value is -5.28. The number of rotatable bonds is 12. The lowest BCUT2D eigenvalue weighted by molar-refractivity contribution is -0.300. The Morgan fingerprint density at radius 3 is 1.96 bits per heavy atom. The maximum Gasteiger partial charge on any atom is 0.438 e. The number of hydrogen-bond donors (Lipinski definition) is 1. The average Bonchev–Trinajstić information content (AvgIpc) is 3.61. The molecule has 1 atom stereocenters. The highest BCUT2D eigenvalue weighted by Gasteiger charge is 2.42. The van der Waals surface area contributed by atoms with Crippen molar-refractivity contribution in [1.29, 1.82) is 0 Å². The second kappa shape index (κ2) is 15.9. The van der Waals surface area contributed by atoms with Gasteiger partial charge in [-0.05, 0) is 98.6 Å². The van der Waals surface area contributed by atoms with Crippen LogP contribution in [0.4, 0.5) is 15.3 Å². The average molecular weight is 722 g/mol. The van der Waals surface area contributed by atoms with Gasteiger partial charge in [-0.1, -0.05) is 24.3 Å². The van der Waals surface area contributed by atoms with E-state index in [1.807, 2.05) is 6.20 Å². The fourth-order valence-electron chi connectivity index (χ4n) is 4.77. The molecule has 2 heterocycles. The molecule has 1 aromatic heterocycles. The summed E-state index contributed by atoms with van der Waals surface area (Å²) < 4.78 is 13.0. The molecule has 0 saturated heterocycles. The van der Waals surface area contributed by atoms with Crippen LogP contribution >= 0.6 is 0 Å². The van der Waals surface area contributed by atoms with E-state index in [1.165, 1.54) is 17.0 Å². The summed E-state index contributed by atoms with van der Waals surface area (Å²) in [5.74, 6) is -2.38. The van der Waals surface area contributed by atoms with Crippen molar-refractivity contribution in [3.05, 3.63) is 72.1 Å². The van der Waals surface area contributed by atoms with E-state index in [1.54, 1.807) is 110 Å². The van der Waals surface area contributed by atoms with Crippen LogP contribution in [0, 0.1) is 0 Å². The van der Waals surface area contributed by atoms with E-state index in [0.717, 1.165) is 11.1 Å². The van der Waals surface area contributed by atoms with Crippen LogP contribution in [0.25, 0.3) is 11.1 Å². The summed E-state index contributed by atoms with van der Waals surface area (Å²) in [7, 11) is 0. The number of anilines is 1. The van der Waals surface area contributed by atoms with Gasteiger partial charge in [-0.15, -0.1) is 5.06 Å². The monoisotopic (exact) mass is 721 g/mol. The first-order valence-corrected chi connectivity index (χ1v) is 16.9. The Balaban J connectivity index is 1.51. The molecule has 1 unspecified atom stereocenters. The molecule has 1 N–H and O–H groups in total. The van der Waals surface area contributed by atoms with Gasteiger partial charge < -0.3 is 14.8 Å². The lowest BCUT2D eigenvalue weighted by atomic mass is 10.1. The van der Waals surface area contributed by atoms with Crippen LogP contribution in [0.5, 0.6) is 0 Å². The molecule has 0 saturated carbocycles. The molecule has 0 bridgehead atoms. The molecule has 15 heteroatoms. The van der Waals surface area contributed by atoms with E-state index in [2.05, 4.69) is 10.4 Å². The second-order valence-electron chi connectivity index (χ2n) is 15.1. The van der Waals surface area contributed by atoms with Crippen molar-refractivity contribution in [1.82, 2.24) is 20.2 Å². The van der Waals surface area contributed by atoms with Gasteiger partial charge in [-0.25, -0.2) is 19.2 Å². The van der Waals surface area contributed by atoms with E-state index in [0.29, 0.717) is 30.3 Å². The molecular formula is C37H47N5O10. The van der Waals surface area contributed by atoms with Gasteiger partial charge in [0, 0.05) is 30.5 Å². The third-order valence-corrected chi connectivity index (χ3v) is 6.97. The van der Waals surface area contributed by atoms with Gasteiger partial charge in [-0.2, -0.15) is 9.99 Å². The highest BCUT2D eigenvalue weighted by atomic mass is 17.2. The van der Waals surface area contributed by atoms with Gasteiger partial charge in [0.25, 0.3) is 11.8 Å². The molecule has 15 nitrogen and oxygen atoms in total. The molecule has 1 aliphatic heterocycles. The minimum Gasteiger partial charge on any atom is -0.458 e. The summed E-state index contributed by atoms with van der Waals surface area (Å²) in [5, 5.41) is 7.55. The third-order valence-electron chi connectivity index (χ3n) is 6.97. The molecule has 3 aromatic rings. The number of hydroxylamine groups is 2. The zero-order chi connectivity index (χ0) is 38.4. The fourth-order valence-corrected chi connectivity index (χ4v) is 4.77. The van der Waals surface area contributed by atoms with Crippen LogP contribution in [0.3, 0.4) is 0 Å². The highest BCUT2D eigenvalue weighted by molar-refractivity contribution is 6.20. The number of nitrogens with one attached hydrogen (secondary N) is 1. The number of fused-ring (bicyclic) bond motifs is 1. The Kier molecular flexibility index (Phi) is 12.1. The van der Waals surface area contributed by atoms with Crippen molar-refractivity contribution in [3.63, 3.8) is 0 Å². The maximum atomic E-state index is 13.6. The predicted molar refractivity (Wildman–Crippen MR) is 189 cm³/mol. The number of ether oxygens (including phenoxy) is 2. The van der Waals surface area contributed by atoms with Crippen molar-refractivity contribution >= 4 is 35.7 Å². The summed E-state index contributed by atoms with van der Waals surface area (Å²) in [5.41, 5.74) is -0.289. The van der Waals surface area contributed by atoms with Crippen LogP contribution in [0.1, 0.15) is 89.5 Å². The molecule has 0 fully saturated rings. The first-order valence-electron chi connectivity index (χ1n) is 16.9. The van der Waals surface area contributed by atoms with Gasteiger partial charge in [-0.3, -0.25) is 24.1 Å². The number of nitrogens with zero attached hydrogens (tertiary/aromatic N) is 4. The molecule has 4 rings (SSSR count). The van der Waals surface area contributed by atoms with Crippen LogP contribution in [-0.2, 0) is 35.4 Å². The molecule has 0 aliphatic carbocycles. The largest absolute Gasteiger partial charge is 0.458 e. The van der Waals surface area contributed by atoms with Crippen molar-refractivity contribution < 1.29 is 48.1 Å². The van der Waals surface area contributed by atoms with Crippen molar-refractivity contribution in [3.8, 4) is 11.1 Å². The number of carbonyl (C=O) groups excluding carboxylic acids is 5. The third kappa shape index (κ3) is 11.1. The molecule has 2 aromatic carbocycles. The van der Waals surface area contributed by atoms with E-state index in [9.17, 15) is 24.0 Å². The molecule has 52 heavy (non-hydrogen) atoms. The number of amides is 4. The first-order chi connectivity index (χ1) is 24.2. The van der Waals surface area contributed by atoms with E-state index in [4.69, 9.17) is 24.1 Å². The van der Waals surface area contributed by atoms with Crippen LogP contribution in [0.2, 0.25) is 0 Å². The molecule has 0 radical (unpaired) electrons. The van der Waals surface area contributed by atoms with Crippen LogP contribution in [-0.4, -0.2) is 80.8 Å². The number of imide groups is 1. The lowest BCUT2D eigenvalue weighted by Crippen LogP contribution is -2.49. The zero-order valence-corrected chi connectivity index (χ0v) is 31.1. The van der Waals surface area contributed by atoms with E-state index >= 15 is 0 Å². The summed E-state index contributed by atoms with van der Waals surface area (Å²) in [6.07, 6.45) is 1.04. The number of aryl methyl sites for hydroxylation is 1. The van der Waals surface area contributed by atoms with Gasteiger partial charge in [0.1, 0.15) is 16.8 Å². The van der Waals surface area contributed by atoms with Gasteiger partial charge in [0.15, 0.2) is 0 Å². The van der Waals surface area contributed by atoms with Crippen LogP contribution in [0.15, 0.2) is 60.9 Å². The van der Waals surface area contributed by atoms with E-state index in [-0.39, 0.29) is 11.1 Å². The second-order valence-corrected chi connectivity index (χ2v) is 15.1. The van der Waals surface area contributed by atoms with Crippen molar-refractivity contribution in [2.75, 3.05) is 18.0 Å². The fraction of sp³-hybridized carbons (Fsp3) is 0.459. The number of benzene rings is 2. The summed E-state index contributed by atoms with van der Waals surface area (Å²) in [4.78, 5) is 82.0. The zero-order valence-electron chi connectivity index (χ0n) is 31.1.